The maximum atomic E-state index is 12.1. The van der Waals surface area contributed by atoms with E-state index in [0.717, 1.165) is 25.9 Å². The molecular weight excluding hydrogens is 250 g/mol. The van der Waals surface area contributed by atoms with Crippen molar-refractivity contribution < 1.29 is 8.42 Å². The molecule has 1 heterocycles. The Kier molecular flexibility index (Phi) is 6.55. The van der Waals surface area contributed by atoms with Crippen LogP contribution in [0, 0.1) is 0 Å². The number of hydrogen-bond donors (Lipinski definition) is 1. The number of nitrogens with zero attached hydrogens (tertiary/aromatic N) is 2. The van der Waals surface area contributed by atoms with Gasteiger partial charge in [-0.1, -0.05) is 6.92 Å². The second-order valence-electron chi connectivity index (χ2n) is 5.18. The number of nitrogens with one attached hydrogen (secondary N) is 1. The van der Waals surface area contributed by atoms with Crippen molar-refractivity contribution in [3.63, 3.8) is 0 Å². The summed E-state index contributed by atoms with van der Waals surface area (Å²) in [6, 6.07) is 0.373. The van der Waals surface area contributed by atoms with Gasteiger partial charge < -0.3 is 10.2 Å². The molecule has 0 radical (unpaired) electrons. The van der Waals surface area contributed by atoms with Crippen molar-refractivity contribution in [3.8, 4) is 0 Å². The molecule has 0 bridgehead atoms. The van der Waals surface area contributed by atoms with E-state index in [1.807, 2.05) is 14.1 Å². The minimum Gasteiger partial charge on any atom is -0.317 e. The van der Waals surface area contributed by atoms with E-state index in [-0.39, 0.29) is 5.75 Å². The fourth-order valence-electron chi connectivity index (χ4n) is 2.20. The molecule has 108 valence electrons. The highest BCUT2D eigenvalue weighted by atomic mass is 32.2. The number of likely N-dealkylation sites (N-methyl/N-ethyl adjacent to an activating group) is 1. The summed E-state index contributed by atoms with van der Waals surface area (Å²) < 4.78 is 25.9. The molecule has 0 aliphatic carbocycles. The number of rotatable bonds is 8. The number of hydrogen-bond acceptors (Lipinski definition) is 4. The molecule has 5 nitrogen and oxygen atoms in total. The second kappa shape index (κ2) is 7.43. The van der Waals surface area contributed by atoms with Crippen molar-refractivity contribution in [2.45, 2.75) is 32.2 Å². The van der Waals surface area contributed by atoms with Crippen LogP contribution in [0.15, 0.2) is 0 Å². The number of sulfonamides is 1. The lowest BCUT2D eigenvalue weighted by atomic mass is 10.2. The van der Waals surface area contributed by atoms with Gasteiger partial charge in [-0.05, 0) is 46.4 Å². The predicted octanol–water partition coefficient (Wildman–Crippen LogP) is 0.342. The van der Waals surface area contributed by atoms with E-state index in [1.165, 1.54) is 0 Å². The molecule has 1 saturated heterocycles. The molecule has 0 amide bonds. The monoisotopic (exact) mass is 277 g/mol. The second-order valence-corrected chi connectivity index (χ2v) is 7.27. The van der Waals surface area contributed by atoms with Crippen LogP contribution in [0.25, 0.3) is 0 Å². The lowest BCUT2D eigenvalue weighted by molar-refractivity contribution is 0.302. The van der Waals surface area contributed by atoms with Gasteiger partial charge in [0.2, 0.25) is 10.0 Å². The van der Waals surface area contributed by atoms with Crippen LogP contribution in [0.2, 0.25) is 0 Å². The van der Waals surface area contributed by atoms with Crippen LogP contribution in [-0.2, 0) is 10.0 Å². The van der Waals surface area contributed by atoms with Gasteiger partial charge in [0, 0.05) is 19.1 Å². The highest BCUT2D eigenvalue weighted by Crippen LogP contribution is 2.17. The molecular formula is C12H27N3O2S. The Morgan fingerprint density at radius 2 is 2.06 bits per heavy atom. The lowest BCUT2D eigenvalue weighted by Crippen LogP contribution is -2.36. The first-order valence-electron chi connectivity index (χ1n) is 6.82. The maximum Gasteiger partial charge on any atom is 0.214 e. The van der Waals surface area contributed by atoms with Crippen molar-refractivity contribution in [1.29, 1.82) is 0 Å². The molecule has 1 aliphatic heterocycles. The zero-order valence-electron chi connectivity index (χ0n) is 11.9. The smallest absolute Gasteiger partial charge is 0.214 e. The fraction of sp³-hybridized carbons (Fsp3) is 1.00. The SMILES string of the molecule is CCCNCCCS(=O)(=O)N1CCC(N(C)C)C1. The first-order valence-corrected chi connectivity index (χ1v) is 8.43. The van der Waals surface area contributed by atoms with Gasteiger partial charge in [0.15, 0.2) is 0 Å². The molecule has 1 atom stereocenters. The molecule has 0 saturated carbocycles. The predicted molar refractivity (Wildman–Crippen MR) is 75.2 cm³/mol. The van der Waals surface area contributed by atoms with Crippen molar-refractivity contribution >= 4 is 10.0 Å². The summed E-state index contributed by atoms with van der Waals surface area (Å²) in [4.78, 5) is 2.11. The molecule has 1 aliphatic rings. The van der Waals surface area contributed by atoms with E-state index in [2.05, 4.69) is 17.1 Å². The third-order valence-corrected chi connectivity index (χ3v) is 5.36. The van der Waals surface area contributed by atoms with Crippen LogP contribution in [0.1, 0.15) is 26.2 Å². The van der Waals surface area contributed by atoms with E-state index in [1.54, 1.807) is 4.31 Å². The van der Waals surface area contributed by atoms with Gasteiger partial charge in [0.1, 0.15) is 0 Å². The molecule has 6 heteroatoms. The standard InChI is InChI=1S/C12H27N3O2S/c1-4-7-13-8-5-10-18(16,17)15-9-6-12(11-15)14(2)3/h12-13H,4-11H2,1-3H3. The third kappa shape index (κ3) is 4.84. The molecule has 18 heavy (non-hydrogen) atoms. The van der Waals surface area contributed by atoms with Crippen molar-refractivity contribution in [2.24, 2.45) is 0 Å². The first-order chi connectivity index (χ1) is 8.47. The Morgan fingerprint density at radius 1 is 1.33 bits per heavy atom. The zero-order chi connectivity index (χ0) is 13.6. The Bertz CT molecular complexity index is 330. The largest absolute Gasteiger partial charge is 0.317 e. The van der Waals surface area contributed by atoms with Gasteiger partial charge in [-0.25, -0.2) is 12.7 Å². The van der Waals surface area contributed by atoms with Gasteiger partial charge in [-0.15, -0.1) is 0 Å². The van der Waals surface area contributed by atoms with Crippen molar-refractivity contribution in [2.75, 3.05) is 46.0 Å². The Morgan fingerprint density at radius 3 is 2.61 bits per heavy atom. The highest BCUT2D eigenvalue weighted by molar-refractivity contribution is 7.89. The van der Waals surface area contributed by atoms with Gasteiger partial charge in [0.25, 0.3) is 0 Å². The molecule has 1 rings (SSSR count). The van der Waals surface area contributed by atoms with E-state index in [9.17, 15) is 8.42 Å². The fourth-order valence-corrected chi connectivity index (χ4v) is 3.75. The van der Waals surface area contributed by atoms with E-state index in [0.29, 0.717) is 25.6 Å². The van der Waals surface area contributed by atoms with Crippen LogP contribution < -0.4 is 5.32 Å². The molecule has 0 aromatic rings. The van der Waals surface area contributed by atoms with Crippen LogP contribution in [-0.4, -0.2) is 69.7 Å². The molecule has 0 aromatic carbocycles. The summed E-state index contributed by atoms with van der Waals surface area (Å²) in [7, 11) is 0.972. The molecule has 0 spiro atoms. The molecule has 1 unspecified atom stereocenters. The summed E-state index contributed by atoms with van der Waals surface area (Å²) >= 11 is 0. The Balaban J connectivity index is 2.31. The summed E-state index contributed by atoms with van der Waals surface area (Å²) in [6.07, 6.45) is 2.73. The molecule has 1 fully saturated rings. The molecule has 1 N–H and O–H groups in total. The molecule has 0 aromatic heterocycles. The van der Waals surface area contributed by atoms with Gasteiger partial charge >= 0.3 is 0 Å². The zero-order valence-corrected chi connectivity index (χ0v) is 12.7. The van der Waals surface area contributed by atoms with E-state index in [4.69, 9.17) is 0 Å². The minimum absolute atomic E-state index is 0.268. The average molecular weight is 277 g/mol. The van der Waals surface area contributed by atoms with Crippen LogP contribution in [0.3, 0.4) is 0 Å². The quantitative estimate of drug-likeness (QED) is 0.650. The summed E-state index contributed by atoms with van der Waals surface area (Å²) in [6.45, 7) is 5.19. The highest BCUT2D eigenvalue weighted by Gasteiger charge is 2.31. The van der Waals surface area contributed by atoms with Crippen molar-refractivity contribution in [1.82, 2.24) is 14.5 Å². The lowest BCUT2D eigenvalue weighted by Gasteiger charge is -2.20. The first kappa shape index (κ1) is 15.9. The van der Waals surface area contributed by atoms with Crippen LogP contribution in [0.4, 0.5) is 0 Å². The van der Waals surface area contributed by atoms with Gasteiger partial charge in [-0.3, -0.25) is 0 Å². The summed E-state index contributed by atoms with van der Waals surface area (Å²) in [5.74, 6) is 0.268. The van der Waals surface area contributed by atoms with Crippen molar-refractivity contribution in [3.05, 3.63) is 0 Å². The Labute approximate surface area is 112 Å². The minimum atomic E-state index is -3.05. The van der Waals surface area contributed by atoms with Crippen LogP contribution >= 0.6 is 0 Å². The topological polar surface area (TPSA) is 52.7 Å². The third-order valence-electron chi connectivity index (χ3n) is 3.43. The van der Waals surface area contributed by atoms with Crippen LogP contribution in [0.5, 0.6) is 0 Å². The van der Waals surface area contributed by atoms with Gasteiger partial charge in [0.05, 0.1) is 5.75 Å². The summed E-state index contributed by atoms with van der Waals surface area (Å²) in [5.41, 5.74) is 0. The maximum absolute atomic E-state index is 12.1. The Hall–Kier alpha value is -0.170. The van der Waals surface area contributed by atoms with E-state index >= 15 is 0 Å². The summed E-state index contributed by atoms with van der Waals surface area (Å²) in [5, 5.41) is 3.23. The average Bonchev–Trinajstić information content (AvgIpc) is 2.78. The normalized spacial score (nSPS) is 21.9. The van der Waals surface area contributed by atoms with E-state index < -0.39 is 10.0 Å². The van der Waals surface area contributed by atoms with Gasteiger partial charge in [-0.2, -0.15) is 0 Å².